The van der Waals surface area contributed by atoms with Crippen LogP contribution in [0.25, 0.3) is 0 Å². The zero-order valence-electron chi connectivity index (χ0n) is 9.24. The normalized spacial score (nSPS) is 11.8. The molecule has 5 heteroatoms. The Kier molecular flexibility index (Phi) is 6.64. The molecule has 90 valence electrons. The highest BCUT2D eigenvalue weighted by molar-refractivity contribution is 9.10. The second-order valence-corrected chi connectivity index (χ2v) is 4.69. The predicted octanol–water partition coefficient (Wildman–Crippen LogP) is 2.79. The largest absolute Gasteiger partial charge is 0.325 e. The molecule has 0 radical (unpaired) electrons. The molecule has 0 fully saturated rings. The van der Waals surface area contributed by atoms with Crippen LogP contribution in [-0.2, 0) is 4.79 Å². The molecule has 1 amide bonds. The van der Waals surface area contributed by atoms with Crippen LogP contribution in [0.15, 0.2) is 28.7 Å². The first-order valence-electron chi connectivity index (χ1n) is 4.82. The van der Waals surface area contributed by atoms with E-state index in [4.69, 9.17) is 5.73 Å². The lowest BCUT2D eigenvalue weighted by Crippen LogP contribution is -2.39. The number of nitrogens with one attached hydrogen (secondary N) is 1. The third kappa shape index (κ3) is 4.51. The average molecular weight is 308 g/mol. The first kappa shape index (κ1) is 15.4. The SMILES string of the molecule is CC(C)[C@@H](N)C(=O)Nc1cccc(Br)c1.Cl. The third-order valence-corrected chi connectivity index (χ3v) is 2.61. The van der Waals surface area contributed by atoms with E-state index >= 15 is 0 Å². The lowest BCUT2D eigenvalue weighted by Gasteiger charge is -2.15. The Labute approximate surface area is 110 Å². The highest BCUT2D eigenvalue weighted by Crippen LogP contribution is 2.16. The Morgan fingerprint density at radius 1 is 1.44 bits per heavy atom. The van der Waals surface area contributed by atoms with Gasteiger partial charge in [0.25, 0.3) is 0 Å². The summed E-state index contributed by atoms with van der Waals surface area (Å²) in [4.78, 5) is 11.6. The number of carbonyl (C=O) groups excluding carboxylic acids is 1. The Morgan fingerprint density at radius 3 is 2.56 bits per heavy atom. The van der Waals surface area contributed by atoms with Crippen LogP contribution in [-0.4, -0.2) is 11.9 Å². The number of halogens is 2. The van der Waals surface area contributed by atoms with E-state index in [2.05, 4.69) is 21.2 Å². The van der Waals surface area contributed by atoms with Gasteiger partial charge in [-0.2, -0.15) is 0 Å². The molecule has 0 spiro atoms. The molecule has 0 saturated carbocycles. The number of rotatable bonds is 3. The molecule has 0 aliphatic rings. The van der Waals surface area contributed by atoms with E-state index in [9.17, 15) is 4.79 Å². The molecule has 1 rings (SSSR count). The molecule has 0 aromatic heterocycles. The van der Waals surface area contributed by atoms with Gasteiger partial charge in [-0.1, -0.05) is 35.8 Å². The molecule has 0 aliphatic heterocycles. The van der Waals surface area contributed by atoms with E-state index in [1.807, 2.05) is 38.1 Å². The van der Waals surface area contributed by atoms with Crippen molar-refractivity contribution in [3.63, 3.8) is 0 Å². The minimum absolute atomic E-state index is 0. The Bertz CT molecular complexity index is 358. The van der Waals surface area contributed by atoms with E-state index in [1.165, 1.54) is 0 Å². The molecule has 0 bridgehead atoms. The van der Waals surface area contributed by atoms with Crippen LogP contribution >= 0.6 is 28.3 Å². The van der Waals surface area contributed by atoms with Crippen LogP contribution in [0.2, 0.25) is 0 Å². The summed E-state index contributed by atoms with van der Waals surface area (Å²) in [6.07, 6.45) is 0. The maximum absolute atomic E-state index is 11.6. The fourth-order valence-corrected chi connectivity index (χ4v) is 1.49. The quantitative estimate of drug-likeness (QED) is 0.902. The second kappa shape index (κ2) is 6.89. The summed E-state index contributed by atoms with van der Waals surface area (Å²) in [6, 6.07) is 6.96. The second-order valence-electron chi connectivity index (χ2n) is 3.77. The summed E-state index contributed by atoms with van der Waals surface area (Å²) < 4.78 is 0.929. The van der Waals surface area contributed by atoms with Crippen molar-refractivity contribution in [2.45, 2.75) is 19.9 Å². The molecule has 0 saturated heterocycles. The number of nitrogens with two attached hydrogens (primary N) is 1. The van der Waals surface area contributed by atoms with Crippen molar-refractivity contribution in [1.29, 1.82) is 0 Å². The Balaban J connectivity index is 0.00000225. The summed E-state index contributed by atoms with van der Waals surface area (Å²) in [5.41, 5.74) is 6.48. The van der Waals surface area contributed by atoms with Crippen LogP contribution in [0.5, 0.6) is 0 Å². The molecular weight excluding hydrogens is 291 g/mol. The minimum atomic E-state index is -0.469. The van der Waals surface area contributed by atoms with Gasteiger partial charge in [-0.05, 0) is 24.1 Å². The molecule has 0 unspecified atom stereocenters. The van der Waals surface area contributed by atoms with Gasteiger partial charge in [0, 0.05) is 10.2 Å². The topological polar surface area (TPSA) is 55.1 Å². The van der Waals surface area contributed by atoms with Crippen LogP contribution < -0.4 is 11.1 Å². The van der Waals surface area contributed by atoms with Crippen molar-refractivity contribution in [2.75, 3.05) is 5.32 Å². The molecule has 3 N–H and O–H groups in total. The first-order chi connectivity index (χ1) is 7.00. The molecule has 3 nitrogen and oxygen atoms in total. The Hall–Kier alpha value is -0.580. The van der Waals surface area contributed by atoms with Gasteiger partial charge in [-0.15, -0.1) is 12.4 Å². The summed E-state index contributed by atoms with van der Waals surface area (Å²) in [7, 11) is 0. The van der Waals surface area contributed by atoms with Crippen molar-refractivity contribution in [2.24, 2.45) is 11.7 Å². The van der Waals surface area contributed by atoms with Gasteiger partial charge in [0.15, 0.2) is 0 Å². The van der Waals surface area contributed by atoms with Crippen LogP contribution in [0.1, 0.15) is 13.8 Å². The van der Waals surface area contributed by atoms with Crippen molar-refractivity contribution in [3.05, 3.63) is 28.7 Å². The van der Waals surface area contributed by atoms with Gasteiger partial charge in [0.2, 0.25) is 5.91 Å². The molecule has 1 atom stereocenters. The maximum Gasteiger partial charge on any atom is 0.241 e. The van der Waals surface area contributed by atoms with Gasteiger partial charge < -0.3 is 11.1 Å². The van der Waals surface area contributed by atoms with Crippen LogP contribution in [0.4, 0.5) is 5.69 Å². The Morgan fingerprint density at radius 2 is 2.06 bits per heavy atom. The van der Waals surface area contributed by atoms with Gasteiger partial charge >= 0.3 is 0 Å². The number of amides is 1. The summed E-state index contributed by atoms with van der Waals surface area (Å²) in [6.45, 7) is 3.84. The summed E-state index contributed by atoms with van der Waals surface area (Å²) in [5.74, 6) is -0.0137. The fraction of sp³-hybridized carbons (Fsp3) is 0.364. The van der Waals surface area contributed by atoms with E-state index in [1.54, 1.807) is 0 Å². The number of benzene rings is 1. The molecular formula is C11H16BrClN2O. The number of hydrogen-bond acceptors (Lipinski definition) is 2. The number of anilines is 1. The van der Waals surface area contributed by atoms with Gasteiger partial charge in [0.05, 0.1) is 6.04 Å². The van der Waals surface area contributed by atoms with Gasteiger partial charge in [-0.25, -0.2) is 0 Å². The van der Waals surface area contributed by atoms with Crippen molar-refractivity contribution in [3.8, 4) is 0 Å². The number of hydrogen-bond donors (Lipinski definition) is 2. The highest BCUT2D eigenvalue weighted by Gasteiger charge is 2.16. The highest BCUT2D eigenvalue weighted by atomic mass is 79.9. The predicted molar refractivity (Wildman–Crippen MR) is 72.8 cm³/mol. The molecule has 0 heterocycles. The van der Waals surface area contributed by atoms with Gasteiger partial charge in [0.1, 0.15) is 0 Å². The van der Waals surface area contributed by atoms with E-state index in [0.717, 1.165) is 10.2 Å². The van der Waals surface area contributed by atoms with Crippen molar-refractivity contribution >= 4 is 39.9 Å². The zero-order valence-corrected chi connectivity index (χ0v) is 11.6. The first-order valence-corrected chi connectivity index (χ1v) is 5.62. The molecule has 1 aromatic rings. The standard InChI is InChI=1S/C11H15BrN2O.ClH/c1-7(2)10(13)11(15)14-9-5-3-4-8(12)6-9;/h3-7,10H,13H2,1-2H3,(H,14,15);1H/t10-;/m1./s1. The van der Waals surface area contributed by atoms with Crippen LogP contribution in [0, 0.1) is 5.92 Å². The van der Waals surface area contributed by atoms with E-state index in [-0.39, 0.29) is 24.2 Å². The minimum Gasteiger partial charge on any atom is -0.325 e. The smallest absolute Gasteiger partial charge is 0.241 e. The van der Waals surface area contributed by atoms with Crippen molar-refractivity contribution in [1.82, 2.24) is 0 Å². The van der Waals surface area contributed by atoms with E-state index < -0.39 is 6.04 Å². The number of carbonyl (C=O) groups is 1. The summed E-state index contributed by atoms with van der Waals surface area (Å²) in [5, 5.41) is 2.77. The fourth-order valence-electron chi connectivity index (χ4n) is 1.09. The average Bonchev–Trinajstić information content (AvgIpc) is 2.16. The molecule has 16 heavy (non-hydrogen) atoms. The van der Waals surface area contributed by atoms with Gasteiger partial charge in [-0.3, -0.25) is 4.79 Å². The lowest BCUT2D eigenvalue weighted by molar-refractivity contribution is -0.118. The molecule has 1 aromatic carbocycles. The molecule has 0 aliphatic carbocycles. The van der Waals surface area contributed by atoms with Crippen molar-refractivity contribution < 1.29 is 4.79 Å². The van der Waals surface area contributed by atoms with Crippen LogP contribution in [0.3, 0.4) is 0 Å². The zero-order chi connectivity index (χ0) is 11.4. The van der Waals surface area contributed by atoms with E-state index in [0.29, 0.717) is 0 Å². The lowest BCUT2D eigenvalue weighted by atomic mass is 10.1. The maximum atomic E-state index is 11.6. The third-order valence-electron chi connectivity index (χ3n) is 2.11. The summed E-state index contributed by atoms with van der Waals surface area (Å²) >= 11 is 3.34. The monoisotopic (exact) mass is 306 g/mol.